The molecule has 2 heteroatoms. The minimum atomic E-state index is 0.530. The van der Waals surface area contributed by atoms with E-state index < -0.39 is 0 Å². The van der Waals surface area contributed by atoms with Crippen LogP contribution in [0.25, 0.3) is 0 Å². The van der Waals surface area contributed by atoms with Gasteiger partial charge in [0.25, 0.3) is 0 Å². The molecule has 2 nitrogen and oxygen atoms in total. The second-order valence-electron chi connectivity index (χ2n) is 7.60. The van der Waals surface area contributed by atoms with Crippen molar-refractivity contribution >= 4 is 0 Å². The molecule has 1 fully saturated rings. The van der Waals surface area contributed by atoms with Crippen LogP contribution in [0.4, 0.5) is 0 Å². The summed E-state index contributed by atoms with van der Waals surface area (Å²) < 4.78 is 0. The summed E-state index contributed by atoms with van der Waals surface area (Å²) in [5, 5.41) is 3.81. The standard InChI is InChI=1S/C19H30N2/c1-4-11-20-18-16-8-6-5-7-15(16)14-17(18)21-12-9-19(2,3)10-13-21/h5-8,17-18,20H,4,9-14H2,1-3H3. The molecule has 0 bridgehead atoms. The molecule has 1 aliphatic heterocycles. The molecule has 0 spiro atoms. The van der Waals surface area contributed by atoms with E-state index in [1.165, 1.54) is 38.8 Å². The Bertz CT molecular complexity index is 470. The molecular formula is C19H30N2. The van der Waals surface area contributed by atoms with Crippen molar-refractivity contribution in [2.24, 2.45) is 5.41 Å². The van der Waals surface area contributed by atoms with E-state index in [1.807, 2.05) is 0 Å². The molecule has 2 unspecified atom stereocenters. The van der Waals surface area contributed by atoms with Gasteiger partial charge in [-0.15, -0.1) is 0 Å². The van der Waals surface area contributed by atoms with Crippen LogP contribution < -0.4 is 5.32 Å². The summed E-state index contributed by atoms with van der Waals surface area (Å²) in [6.45, 7) is 10.7. The fraction of sp³-hybridized carbons (Fsp3) is 0.684. The van der Waals surface area contributed by atoms with E-state index in [-0.39, 0.29) is 0 Å². The molecule has 1 aromatic carbocycles. The van der Waals surface area contributed by atoms with Crippen molar-refractivity contribution in [3.8, 4) is 0 Å². The third kappa shape index (κ3) is 3.17. The van der Waals surface area contributed by atoms with Gasteiger partial charge in [0.05, 0.1) is 0 Å². The van der Waals surface area contributed by atoms with Crippen molar-refractivity contribution in [3.05, 3.63) is 35.4 Å². The third-order valence-electron chi connectivity index (χ3n) is 5.44. The van der Waals surface area contributed by atoms with Crippen molar-refractivity contribution in [2.45, 2.75) is 58.5 Å². The van der Waals surface area contributed by atoms with Gasteiger partial charge in [0.15, 0.2) is 0 Å². The Morgan fingerprint density at radius 3 is 2.62 bits per heavy atom. The highest BCUT2D eigenvalue weighted by molar-refractivity contribution is 5.37. The Kier molecular flexibility index (Phi) is 4.37. The normalized spacial score (nSPS) is 28.5. The minimum absolute atomic E-state index is 0.530. The summed E-state index contributed by atoms with van der Waals surface area (Å²) in [7, 11) is 0. The van der Waals surface area contributed by atoms with E-state index in [9.17, 15) is 0 Å². The van der Waals surface area contributed by atoms with E-state index in [4.69, 9.17) is 0 Å². The number of nitrogens with zero attached hydrogens (tertiary/aromatic N) is 1. The number of benzene rings is 1. The van der Waals surface area contributed by atoms with Crippen LogP contribution in [0.15, 0.2) is 24.3 Å². The predicted molar refractivity (Wildman–Crippen MR) is 89.6 cm³/mol. The number of nitrogens with one attached hydrogen (secondary N) is 1. The van der Waals surface area contributed by atoms with E-state index in [0.29, 0.717) is 17.5 Å². The second kappa shape index (κ2) is 6.10. The fourth-order valence-corrected chi connectivity index (χ4v) is 3.92. The smallest absolute Gasteiger partial charge is 0.0484 e. The largest absolute Gasteiger partial charge is 0.309 e. The van der Waals surface area contributed by atoms with Gasteiger partial charge in [-0.1, -0.05) is 45.0 Å². The monoisotopic (exact) mass is 286 g/mol. The van der Waals surface area contributed by atoms with Crippen LogP contribution in [0.3, 0.4) is 0 Å². The number of likely N-dealkylation sites (tertiary alicyclic amines) is 1. The van der Waals surface area contributed by atoms with E-state index >= 15 is 0 Å². The van der Waals surface area contributed by atoms with Crippen LogP contribution in [0, 0.1) is 5.41 Å². The predicted octanol–water partition coefficient (Wildman–Crippen LogP) is 3.77. The molecule has 0 radical (unpaired) electrons. The molecular weight excluding hydrogens is 256 g/mol. The number of piperidine rings is 1. The van der Waals surface area contributed by atoms with Crippen molar-refractivity contribution in [2.75, 3.05) is 19.6 Å². The lowest BCUT2D eigenvalue weighted by atomic mass is 9.82. The average Bonchev–Trinajstić information content (AvgIpc) is 2.83. The van der Waals surface area contributed by atoms with Crippen LogP contribution in [0.5, 0.6) is 0 Å². The molecule has 0 saturated carbocycles. The fourth-order valence-electron chi connectivity index (χ4n) is 3.92. The van der Waals surface area contributed by atoms with Gasteiger partial charge < -0.3 is 5.32 Å². The van der Waals surface area contributed by atoms with Crippen molar-refractivity contribution in [1.29, 1.82) is 0 Å². The summed E-state index contributed by atoms with van der Waals surface area (Å²) in [6.07, 6.45) is 5.09. The van der Waals surface area contributed by atoms with Gasteiger partial charge in [0, 0.05) is 12.1 Å². The maximum absolute atomic E-state index is 3.81. The quantitative estimate of drug-likeness (QED) is 0.906. The average molecular weight is 286 g/mol. The van der Waals surface area contributed by atoms with Gasteiger partial charge in [-0.3, -0.25) is 4.90 Å². The highest BCUT2D eigenvalue weighted by atomic mass is 15.2. The lowest BCUT2D eigenvalue weighted by Crippen LogP contribution is -2.48. The van der Waals surface area contributed by atoms with Crippen LogP contribution >= 0.6 is 0 Å². The number of rotatable bonds is 4. The molecule has 0 aromatic heterocycles. The third-order valence-corrected chi connectivity index (χ3v) is 5.44. The zero-order valence-corrected chi connectivity index (χ0v) is 13.9. The van der Waals surface area contributed by atoms with Crippen molar-refractivity contribution < 1.29 is 0 Å². The Labute approximate surface area is 129 Å². The van der Waals surface area contributed by atoms with Crippen molar-refractivity contribution in [3.63, 3.8) is 0 Å². The van der Waals surface area contributed by atoms with Gasteiger partial charge in [0.1, 0.15) is 0 Å². The van der Waals surface area contributed by atoms with E-state index in [1.54, 1.807) is 11.1 Å². The van der Waals surface area contributed by atoms with Gasteiger partial charge in [-0.05, 0) is 61.9 Å². The van der Waals surface area contributed by atoms with E-state index in [2.05, 4.69) is 55.3 Å². The molecule has 2 aliphatic rings. The highest BCUT2D eigenvalue weighted by Crippen LogP contribution is 2.38. The van der Waals surface area contributed by atoms with Gasteiger partial charge >= 0.3 is 0 Å². The van der Waals surface area contributed by atoms with Crippen LogP contribution in [-0.4, -0.2) is 30.6 Å². The maximum atomic E-state index is 3.81. The second-order valence-corrected chi connectivity index (χ2v) is 7.60. The molecule has 1 N–H and O–H groups in total. The van der Waals surface area contributed by atoms with Gasteiger partial charge in [-0.2, -0.15) is 0 Å². The number of hydrogen-bond acceptors (Lipinski definition) is 2. The summed E-state index contributed by atoms with van der Waals surface area (Å²) in [4.78, 5) is 2.75. The minimum Gasteiger partial charge on any atom is -0.309 e. The molecule has 0 amide bonds. The Balaban J connectivity index is 1.75. The lowest BCUT2D eigenvalue weighted by Gasteiger charge is -2.42. The van der Waals surface area contributed by atoms with E-state index in [0.717, 1.165) is 6.54 Å². The summed E-state index contributed by atoms with van der Waals surface area (Å²) >= 11 is 0. The van der Waals surface area contributed by atoms with Gasteiger partial charge in [0.2, 0.25) is 0 Å². The van der Waals surface area contributed by atoms with Crippen LogP contribution in [0.1, 0.15) is 57.2 Å². The molecule has 116 valence electrons. The SMILES string of the molecule is CCCNC1c2ccccc2CC1N1CCC(C)(C)CC1. The maximum Gasteiger partial charge on any atom is 0.0484 e. The summed E-state index contributed by atoms with van der Waals surface area (Å²) in [6, 6.07) is 10.2. The summed E-state index contributed by atoms with van der Waals surface area (Å²) in [5.74, 6) is 0. The molecule has 2 atom stereocenters. The highest BCUT2D eigenvalue weighted by Gasteiger charge is 2.38. The topological polar surface area (TPSA) is 15.3 Å². The van der Waals surface area contributed by atoms with Gasteiger partial charge in [-0.25, -0.2) is 0 Å². The zero-order valence-electron chi connectivity index (χ0n) is 13.9. The van der Waals surface area contributed by atoms with Crippen LogP contribution in [0.2, 0.25) is 0 Å². The molecule has 1 aliphatic carbocycles. The van der Waals surface area contributed by atoms with Crippen LogP contribution in [-0.2, 0) is 6.42 Å². The number of hydrogen-bond donors (Lipinski definition) is 1. The molecule has 1 aromatic rings. The molecule has 3 rings (SSSR count). The molecule has 1 heterocycles. The first-order chi connectivity index (χ1) is 10.1. The Hall–Kier alpha value is -0.860. The number of fused-ring (bicyclic) bond motifs is 1. The Morgan fingerprint density at radius 2 is 1.90 bits per heavy atom. The summed E-state index contributed by atoms with van der Waals surface area (Å²) in [5.41, 5.74) is 3.63. The molecule has 1 saturated heterocycles. The lowest BCUT2D eigenvalue weighted by molar-refractivity contribution is 0.0808. The first-order valence-electron chi connectivity index (χ1n) is 8.66. The zero-order chi connectivity index (χ0) is 14.9. The first-order valence-corrected chi connectivity index (χ1v) is 8.66. The first kappa shape index (κ1) is 15.1. The molecule has 21 heavy (non-hydrogen) atoms. The van der Waals surface area contributed by atoms with Crippen molar-refractivity contribution in [1.82, 2.24) is 10.2 Å². The Morgan fingerprint density at radius 1 is 1.19 bits per heavy atom.